The Morgan fingerprint density at radius 2 is 2.00 bits per heavy atom. The van der Waals surface area contributed by atoms with Crippen molar-refractivity contribution in [2.24, 2.45) is 0 Å². The molecule has 0 amide bonds. The Morgan fingerprint density at radius 3 is 2.80 bits per heavy atom. The smallest absolute Gasteiger partial charge is 0.131 e. The van der Waals surface area contributed by atoms with Gasteiger partial charge in [-0.15, -0.1) is 11.8 Å². The van der Waals surface area contributed by atoms with E-state index in [0.717, 1.165) is 23.5 Å². The van der Waals surface area contributed by atoms with Crippen molar-refractivity contribution in [3.63, 3.8) is 0 Å². The number of thioether (sulfide) groups is 1. The molecule has 0 spiro atoms. The second-order valence-corrected chi connectivity index (χ2v) is 7.56. The minimum Gasteiger partial charge on any atom is -0.392 e. The maximum Gasteiger partial charge on any atom is 0.131 e. The summed E-state index contributed by atoms with van der Waals surface area (Å²) in [6.07, 6.45) is 1.85. The quantitative estimate of drug-likeness (QED) is 0.710. The highest BCUT2D eigenvalue weighted by Crippen LogP contribution is 2.46. The van der Waals surface area contributed by atoms with Crippen LogP contribution < -0.4 is 5.32 Å². The Labute approximate surface area is 152 Å². The summed E-state index contributed by atoms with van der Waals surface area (Å²) in [5.74, 6) is 0.969. The maximum atomic E-state index is 9.44. The molecule has 4 heteroatoms. The second kappa shape index (κ2) is 6.90. The lowest BCUT2D eigenvalue weighted by Crippen LogP contribution is -1.98. The molecular weight excluding hydrogens is 328 g/mol. The summed E-state index contributed by atoms with van der Waals surface area (Å²) >= 11 is 1.87. The first-order valence-corrected chi connectivity index (χ1v) is 9.29. The number of nitrogens with one attached hydrogen (secondary N) is 1. The van der Waals surface area contributed by atoms with E-state index >= 15 is 0 Å². The number of aryl methyl sites for hydroxylation is 1. The van der Waals surface area contributed by atoms with Crippen LogP contribution in [0.4, 0.5) is 5.82 Å². The Morgan fingerprint density at radius 1 is 1.16 bits per heavy atom. The van der Waals surface area contributed by atoms with Gasteiger partial charge in [-0.3, -0.25) is 0 Å². The lowest BCUT2D eigenvalue weighted by atomic mass is 9.98. The number of rotatable bonds is 4. The number of aromatic nitrogens is 1. The van der Waals surface area contributed by atoms with Crippen molar-refractivity contribution in [1.29, 1.82) is 0 Å². The first kappa shape index (κ1) is 16.2. The second-order valence-electron chi connectivity index (χ2n) is 6.28. The molecule has 0 saturated carbocycles. The number of aliphatic hydroxyl groups is 1. The van der Waals surface area contributed by atoms with E-state index in [4.69, 9.17) is 0 Å². The first-order valence-electron chi connectivity index (χ1n) is 8.41. The average Bonchev–Trinajstić information content (AvgIpc) is 3.07. The van der Waals surface area contributed by atoms with Crippen LogP contribution in [-0.2, 0) is 6.61 Å². The topological polar surface area (TPSA) is 45.2 Å². The molecule has 3 aromatic rings. The molecule has 0 saturated heterocycles. The summed E-state index contributed by atoms with van der Waals surface area (Å²) in [6, 6.07) is 18.8. The maximum absolute atomic E-state index is 9.44. The van der Waals surface area contributed by atoms with Gasteiger partial charge in [-0.1, -0.05) is 35.9 Å². The fourth-order valence-electron chi connectivity index (χ4n) is 3.20. The largest absolute Gasteiger partial charge is 0.392 e. The molecule has 2 aromatic carbocycles. The molecule has 2 heterocycles. The highest BCUT2D eigenvalue weighted by atomic mass is 32.2. The standard InChI is InChI=1S/C21H20N2OS/c1-14-5-7-17(8-6-14)25-19-12-23-21-20(19)18(9-10-22-21)16-4-2-3-15(11-16)13-24/h2-11,19,24H,12-13H2,1H3,(H,22,23). The fourth-order valence-corrected chi connectivity index (χ4v) is 4.35. The van der Waals surface area contributed by atoms with Crippen LogP contribution in [0.3, 0.4) is 0 Å². The zero-order chi connectivity index (χ0) is 17.2. The Kier molecular flexibility index (Phi) is 4.47. The molecule has 0 radical (unpaired) electrons. The minimum absolute atomic E-state index is 0.0565. The zero-order valence-corrected chi connectivity index (χ0v) is 14.9. The van der Waals surface area contributed by atoms with Crippen LogP contribution in [0.25, 0.3) is 11.1 Å². The van der Waals surface area contributed by atoms with Crippen LogP contribution in [0.15, 0.2) is 65.7 Å². The van der Waals surface area contributed by atoms with Crippen LogP contribution in [0.2, 0.25) is 0 Å². The van der Waals surface area contributed by atoms with Gasteiger partial charge in [0.25, 0.3) is 0 Å². The van der Waals surface area contributed by atoms with Gasteiger partial charge in [0.15, 0.2) is 0 Å². The van der Waals surface area contributed by atoms with Gasteiger partial charge in [0.05, 0.1) is 11.9 Å². The molecule has 3 nitrogen and oxygen atoms in total. The van der Waals surface area contributed by atoms with Crippen molar-refractivity contribution < 1.29 is 5.11 Å². The van der Waals surface area contributed by atoms with Crippen molar-refractivity contribution in [2.45, 2.75) is 23.7 Å². The summed E-state index contributed by atoms with van der Waals surface area (Å²) in [5, 5.41) is 13.2. The summed E-state index contributed by atoms with van der Waals surface area (Å²) < 4.78 is 0. The Balaban J connectivity index is 1.72. The van der Waals surface area contributed by atoms with Gasteiger partial charge >= 0.3 is 0 Å². The van der Waals surface area contributed by atoms with Crippen molar-refractivity contribution >= 4 is 17.6 Å². The van der Waals surface area contributed by atoms with Gasteiger partial charge in [0.2, 0.25) is 0 Å². The Bertz CT molecular complexity index is 893. The third-order valence-electron chi connectivity index (χ3n) is 4.49. The average molecular weight is 348 g/mol. The molecule has 0 fully saturated rings. The summed E-state index contributed by atoms with van der Waals surface area (Å²) in [7, 11) is 0. The molecule has 1 atom stereocenters. The number of anilines is 1. The van der Waals surface area contributed by atoms with Crippen molar-refractivity contribution in [3.05, 3.63) is 77.5 Å². The molecular formula is C21H20N2OS. The molecule has 2 N–H and O–H groups in total. The van der Waals surface area contributed by atoms with Gasteiger partial charge in [0, 0.05) is 23.2 Å². The van der Waals surface area contributed by atoms with Gasteiger partial charge < -0.3 is 10.4 Å². The van der Waals surface area contributed by atoms with E-state index in [2.05, 4.69) is 59.7 Å². The van der Waals surface area contributed by atoms with Gasteiger partial charge in [-0.25, -0.2) is 4.98 Å². The predicted octanol–water partition coefficient (Wildman–Crippen LogP) is 4.81. The molecule has 1 aliphatic heterocycles. The third-order valence-corrected chi connectivity index (χ3v) is 5.72. The minimum atomic E-state index is 0.0565. The van der Waals surface area contributed by atoms with E-state index in [0.29, 0.717) is 5.25 Å². The molecule has 1 aromatic heterocycles. The van der Waals surface area contributed by atoms with Crippen LogP contribution in [0.1, 0.15) is 21.9 Å². The van der Waals surface area contributed by atoms with E-state index in [1.807, 2.05) is 30.1 Å². The molecule has 4 rings (SSSR count). The number of hydrogen-bond donors (Lipinski definition) is 2. The van der Waals surface area contributed by atoms with E-state index in [1.165, 1.54) is 21.6 Å². The van der Waals surface area contributed by atoms with Crippen LogP contribution in [-0.4, -0.2) is 16.6 Å². The molecule has 126 valence electrons. The molecule has 1 unspecified atom stereocenters. The molecule has 25 heavy (non-hydrogen) atoms. The summed E-state index contributed by atoms with van der Waals surface area (Å²) in [4.78, 5) is 5.79. The number of benzene rings is 2. The van der Waals surface area contributed by atoms with E-state index in [9.17, 15) is 5.11 Å². The first-order chi connectivity index (χ1) is 12.2. The highest BCUT2D eigenvalue weighted by molar-refractivity contribution is 7.99. The fraction of sp³-hybridized carbons (Fsp3) is 0.190. The van der Waals surface area contributed by atoms with Crippen LogP contribution >= 0.6 is 11.8 Å². The molecule has 0 aliphatic carbocycles. The van der Waals surface area contributed by atoms with Crippen LogP contribution in [0.5, 0.6) is 0 Å². The lowest BCUT2D eigenvalue weighted by molar-refractivity contribution is 0.282. The predicted molar refractivity (Wildman–Crippen MR) is 104 cm³/mol. The number of fused-ring (bicyclic) bond motifs is 1. The zero-order valence-electron chi connectivity index (χ0n) is 14.1. The van der Waals surface area contributed by atoms with E-state index < -0.39 is 0 Å². The summed E-state index contributed by atoms with van der Waals surface area (Å²) in [5.41, 5.74) is 5.77. The highest BCUT2D eigenvalue weighted by Gasteiger charge is 2.27. The molecule has 1 aliphatic rings. The number of hydrogen-bond acceptors (Lipinski definition) is 4. The number of nitrogens with zero attached hydrogens (tertiary/aromatic N) is 1. The Hall–Kier alpha value is -2.30. The number of aliphatic hydroxyl groups excluding tert-OH is 1. The van der Waals surface area contributed by atoms with Crippen molar-refractivity contribution in [3.8, 4) is 11.1 Å². The van der Waals surface area contributed by atoms with E-state index in [-0.39, 0.29) is 6.61 Å². The normalized spacial score (nSPS) is 15.7. The van der Waals surface area contributed by atoms with E-state index in [1.54, 1.807) is 0 Å². The van der Waals surface area contributed by atoms with Gasteiger partial charge in [-0.2, -0.15) is 0 Å². The monoisotopic (exact) mass is 348 g/mol. The van der Waals surface area contributed by atoms with Crippen molar-refractivity contribution in [1.82, 2.24) is 4.98 Å². The summed E-state index contributed by atoms with van der Waals surface area (Å²) in [6.45, 7) is 3.04. The third kappa shape index (κ3) is 3.28. The van der Waals surface area contributed by atoms with Gasteiger partial charge in [-0.05, 0) is 47.9 Å². The lowest BCUT2D eigenvalue weighted by Gasteiger charge is -2.15. The van der Waals surface area contributed by atoms with Gasteiger partial charge in [0.1, 0.15) is 5.82 Å². The SMILES string of the molecule is Cc1ccc(SC2CNc3nccc(-c4cccc(CO)c4)c32)cc1. The molecule has 0 bridgehead atoms. The van der Waals surface area contributed by atoms with Crippen LogP contribution in [0, 0.1) is 6.92 Å². The van der Waals surface area contributed by atoms with Crippen molar-refractivity contribution in [2.75, 3.05) is 11.9 Å². The number of pyridine rings is 1.